The summed E-state index contributed by atoms with van der Waals surface area (Å²) < 4.78 is 32.5. The fourth-order valence-electron chi connectivity index (χ4n) is 5.70. The molecule has 0 rings (SSSR count). The predicted molar refractivity (Wildman–Crippen MR) is 239 cm³/mol. The molecular weight excluding hydrogens is 771 g/mol. The van der Waals surface area contributed by atoms with Crippen molar-refractivity contribution in [3.8, 4) is 0 Å². The highest BCUT2D eigenvalue weighted by molar-refractivity contribution is 7.47. The van der Waals surface area contributed by atoms with Crippen LogP contribution >= 0.6 is 7.82 Å². The first-order valence-corrected chi connectivity index (χ1v) is 23.9. The SMILES string of the molecule is CC/C=C\C/C=C\C/C=C\C/C=C\C/C=C\C=C/C(O)CCC(=O)O[C@H](COC(=O)CCCCCCCCCCCCCCCC(C)C)COP(=O)(O)OC[C@@H](O)CO. The largest absolute Gasteiger partial charge is 0.472 e. The summed E-state index contributed by atoms with van der Waals surface area (Å²) in [6, 6.07) is 0. The van der Waals surface area contributed by atoms with E-state index in [9.17, 15) is 29.3 Å². The first-order chi connectivity index (χ1) is 28.5. The molecule has 0 saturated heterocycles. The molecule has 11 nitrogen and oxygen atoms in total. The van der Waals surface area contributed by atoms with Crippen LogP contribution in [0.3, 0.4) is 0 Å². The van der Waals surface area contributed by atoms with E-state index in [1.54, 1.807) is 12.2 Å². The summed E-state index contributed by atoms with van der Waals surface area (Å²) in [5, 5.41) is 28.7. The minimum atomic E-state index is -4.69. The van der Waals surface area contributed by atoms with E-state index in [0.717, 1.165) is 57.3 Å². The molecule has 0 bridgehead atoms. The van der Waals surface area contributed by atoms with Gasteiger partial charge in [0.15, 0.2) is 6.10 Å². The average Bonchev–Trinajstić information content (AvgIpc) is 3.21. The van der Waals surface area contributed by atoms with Crippen LogP contribution in [0.5, 0.6) is 0 Å². The smallest absolute Gasteiger partial charge is 0.462 e. The van der Waals surface area contributed by atoms with E-state index in [-0.39, 0.29) is 19.3 Å². The van der Waals surface area contributed by atoms with Crippen molar-refractivity contribution in [3.63, 3.8) is 0 Å². The monoisotopic (exact) mass is 853 g/mol. The molecule has 0 aromatic rings. The second-order valence-electron chi connectivity index (χ2n) is 15.4. The van der Waals surface area contributed by atoms with Crippen LogP contribution in [0, 0.1) is 5.92 Å². The number of phosphoric acid groups is 1. The van der Waals surface area contributed by atoms with Crippen LogP contribution < -0.4 is 0 Å². The number of esters is 2. The van der Waals surface area contributed by atoms with E-state index in [0.29, 0.717) is 6.42 Å². The zero-order valence-corrected chi connectivity index (χ0v) is 37.6. The maximum atomic E-state index is 12.6. The molecule has 0 spiro atoms. The molecule has 4 N–H and O–H groups in total. The molecule has 0 amide bonds. The van der Waals surface area contributed by atoms with Crippen LogP contribution in [-0.2, 0) is 32.7 Å². The summed E-state index contributed by atoms with van der Waals surface area (Å²) in [6.45, 7) is 4.31. The number of phosphoric ester groups is 1. The van der Waals surface area contributed by atoms with Crippen molar-refractivity contribution in [1.82, 2.24) is 0 Å². The van der Waals surface area contributed by atoms with Crippen LogP contribution in [0.1, 0.15) is 162 Å². The summed E-state index contributed by atoms with van der Waals surface area (Å²) >= 11 is 0. The molecule has 0 heterocycles. The van der Waals surface area contributed by atoms with Gasteiger partial charge in [0.1, 0.15) is 12.7 Å². The van der Waals surface area contributed by atoms with E-state index in [1.807, 2.05) is 12.2 Å². The molecule has 340 valence electrons. The van der Waals surface area contributed by atoms with Gasteiger partial charge in [-0.3, -0.25) is 18.6 Å². The summed E-state index contributed by atoms with van der Waals surface area (Å²) in [5.41, 5.74) is 0. The average molecular weight is 853 g/mol. The molecule has 12 heteroatoms. The van der Waals surface area contributed by atoms with Gasteiger partial charge < -0.3 is 29.7 Å². The molecule has 0 aliphatic carbocycles. The van der Waals surface area contributed by atoms with Gasteiger partial charge >= 0.3 is 19.8 Å². The van der Waals surface area contributed by atoms with Gasteiger partial charge in [0.25, 0.3) is 0 Å². The van der Waals surface area contributed by atoms with Crippen LogP contribution in [-0.4, -0.2) is 76.9 Å². The summed E-state index contributed by atoms with van der Waals surface area (Å²) in [6.07, 6.45) is 42.0. The van der Waals surface area contributed by atoms with Crippen molar-refractivity contribution in [1.29, 1.82) is 0 Å². The Labute approximate surface area is 357 Å². The Balaban J connectivity index is 4.52. The number of carbonyl (C=O) groups is 2. The molecule has 0 aliphatic rings. The Morgan fingerprint density at radius 2 is 1.08 bits per heavy atom. The number of rotatable bonds is 40. The third kappa shape index (κ3) is 41.9. The molecule has 2 unspecified atom stereocenters. The van der Waals surface area contributed by atoms with Gasteiger partial charge in [-0.2, -0.15) is 0 Å². The molecule has 0 aliphatic heterocycles. The summed E-state index contributed by atoms with van der Waals surface area (Å²) in [4.78, 5) is 35.0. The summed E-state index contributed by atoms with van der Waals surface area (Å²) in [5.74, 6) is -0.404. The Hall–Kier alpha value is -2.63. The zero-order valence-electron chi connectivity index (χ0n) is 36.7. The highest BCUT2D eigenvalue weighted by atomic mass is 31.2. The van der Waals surface area contributed by atoms with Crippen molar-refractivity contribution in [2.45, 2.75) is 180 Å². The van der Waals surface area contributed by atoms with Crippen molar-refractivity contribution < 1.29 is 52.9 Å². The van der Waals surface area contributed by atoms with E-state index in [4.69, 9.17) is 19.1 Å². The second kappa shape index (κ2) is 40.8. The molecule has 4 atom stereocenters. The lowest BCUT2D eigenvalue weighted by molar-refractivity contribution is -0.161. The van der Waals surface area contributed by atoms with Gasteiger partial charge in [0, 0.05) is 12.8 Å². The lowest BCUT2D eigenvalue weighted by Crippen LogP contribution is -2.30. The molecular formula is C47H81O11P. The van der Waals surface area contributed by atoms with Gasteiger partial charge in [-0.25, -0.2) is 4.57 Å². The lowest BCUT2D eigenvalue weighted by Gasteiger charge is -2.20. The molecule has 0 saturated carbocycles. The van der Waals surface area contributed by atoms with Gasteiger partial charge in [-0.1, -0.05) is 177 Å². The van der Waals surface area contributed by atoms with Crippen molar-refractivity contribution in [2.24, 2.45) is 5.92 Å². The van der Waals surface area contributed by atoms with Gasteiger partial charge in [0.05, 0.1) is 25.9 Å². The third-order valence-corrected chi connectivity index (χ3v) is 10.1. The minimum Gasteiger partial charge on any atom is -0.462 e. The normalized spacial score (nSPS) is 15.1. The number of unbranched alkanes of at least 4 members (excludes halogenated alkanes) is 12. The van der Waals surface area contributed by atoms with Crippen molar-refractivity contribution >= 4 is 19.8 Å². The number of allylic oxidation sites excluding steroid dienone is 11. The van der Waals surface area contributed by atoms with Crippen molar-refractivity contribution in [3.05, 3.63) is 72.9 Å². The Morgan fingerprint density at radius 1 is 0.593 bits per heavy atom. The van der Waals surface area contributed by atoms with Gasteiger partial charge in [0.2, 0.25) is 0 Å². The fraction of sp³-hybridized carbons (Fsp3) is 0.702. The predicted octanol–water partition coefficient (Wildman–Crippen LogP) is 10.9. The van der Waals surface area contributed by atoms with Crippen molar-refractivity contribution in [2.75, 3.05) is 26.4 Å². The first kappa shape index (κ1) is 56.4. The quantitative estimate of drug-likeness (QED) is 0.0152. The van der Waals surface area contributed by atoms with Gasteiger partial charge in [-0.05, 0) is 50.9 Å². The highest BCUT2D eigenvalue weighted by Crippen LogP contribution is 2.43. The number of hydrogen-bond donors (Lipinski definition) is 4. The van der Waals surface area contributed by atoms with Crippen LogP contribution in [0.2, 0.25) is 0 Å². The minimum absolute atomic E-state index is 0.0622. The number of aliphatic hydroxyl groups is 3. The molecule has 0 aromatic heterocycles. The third-order valence-electron chi connectivity index (χ3n) is 9.17. The van der Waals surface area contributed by atoms with E-state index in [1.165, 1.54) is 64.2 Å². The van der Waals surface area contributed by atoms with Crippen LogP contribution in [0.25, 0.3) is 0 Å². The van der Waals surface area contributed by atoms with E-state index in [2.05, 4.69) is 73.9 Å². The number of hydrogen-bond acceptors (Lipinski definition) is 10. The number of carbonyl (C=O) groups excluding carboxylic acids is 2. The molecule has 0 fully saturated rings. The Bertz CT molecular complexity index is 1240. The first-order valence-electron chi connectivity index (χ1n) is 22.4. The van der Waals surface area contributed by atoms with Crippen LogP contribution in [0.15, 0.2) is 72.9 Å². The highest BCUT2D eigenvalue weighted by Gasteiger charge is 2.27. The maximum absolute atomic E-state index is 12.6. The Morgan fingerprint density at radius 3 is 1.61 bits per heavy atom. The molecule has 59 heavy (non-hydrogen) atoms. The second-order valence-corrected chi connectivity index (χ2v) is 16.8. The van der Waals surface area contributed by atoms with Gasteiger partial charge in [-0.15, -0.1) is 0 Å². The molecule has 0 aromatic carbocycles. The van der Waals surface area contributed by atoms with Crippen LogP contribution in [0.4, 0.5) is 0 Å². The van der Waals surface area contributed by atoms with E-state index < -0.39 is 64.5 Å². The Kier molecular flexibility index (Phi) is 38.9. The number of aliphatic hydroxyl groups excluding tert-OH is 3. The lowest BCUT2D eigenvalue weighted by atomic mass is 10.0. The standard InChI is InChI=1S/C47H81O11P/c1-4-5-6-7-8-9-10-11-12-13-16-19-22-25-28-31-34-43(49)36-37-47(52)58-45(41-57-59(53,54)56-39-44(50)38-48)40-55-46(51)35-32-29-26-23-20-17-14-15-18-21-24-27-30-33-42(2)3/h5-6,8-9,11-12,16,19,25,28,31,34,42-45,48-50H,4,7,10,13-15,17-18,20-24,26-27,29-30,32-33,35-41H2,1-3H3,(H,53,54)/b6-5-,9-8-,12-11-,19-16-,28-25-,34-31-/t43?,44-,45+/m0/s1. The topological polar surface area (TPSA) is 169 Å². The fourth-order valence-corrected chi connectivity index (χ4v) is 6.49. The zero-order chi connectivity index (χ0) is 43.7. The summed E-state index contributed by atoms with van der Waals surface area (Å²) in [7, 11) is -4.69. The number of ether oxygens (including phenoxy) is 2. The van der Waals surface area contributed by atoms with E-state index >= 15 is 0 Å². The molecule has 0 radical (unpaired) electrons. The maximum Gasteiger partial charge on any atom is 0.472 e.